The number of benzene rings is 1. The molecule has 0 radical (unpaired) electrons. The van der Waals surface area contributed by atoms with Crippen molar-refractivity contribution in [3.05, 3.63) is 29.8 Å². The maximum atomic E-state index is 11.4. The Kier molecular flexibility index (Phi) is 4.19. The van der Waals surface area contributed by atoms with Gasteiger partial charge in [0, 0.05) is 24.7 Å². The van der Waals surface area contributed by atoms with Gasteiger partial charge in [-0.3, -0.25) is 4.79 Å². The molecule has 1 fully saturated rings. The second-order valence-corrected chi connectivity index (χ2v) is 4.56. The molecular formula is C14H17N3O. The van der Waals surface area contributed by atoms with E-state index < -0.39 is 0 Å². The second-order valence-electron chi connectivity index (χ2n) is 4.56. The van der Waals surface area contributed by atoms with E-state index in [0.29, 0.717) is 18.0 Å². The summed E-state index contributed by atoms with van der Waals surface area (Å²) in [5.74, 6) is 0.144. The summed E-state index contributed by atoms with van der Waals surface area (Å²) in [6, 6.07) is 9.89. The normalized spacial score (nSPS) is 13.7. The van der Waals surface area contributed by atoms with Gasteiger partial charge in [0.05, 0.1) is 11.6 Å². The maximum absolute atomic E-state index is 11.4. The average Bonchev–Trinajstić information content (AvgIpc) is 3.19. The SMILES string of the molecule is N#Cc1cccc(NCCCC(=O)NC2CC2)c1. The number of nitrogens with one attached hydrogen (secondary N) is 2. The summed E-state index contributed by atoms with van der Waals surface area (Å²) in [6.07, 6.45) is 3.62. The van der Waals surface area contributed by atoms with E-state index in [1.54, 1.807) is 6.07 Å². The Labute approximate surface area is 107 Å². The average molecular weight is 243 g/mol. The summed E-state index contributed by atoms with van der Waals surface area (Å²) in [4.78, 5) is 11.4. The first-order valence-electron chi connectivity index (χ1n) is 6.31. The van der Waals surface area contributed by atoms with E-state index in [0.717, 1.165) is 31.5 Å². The number of carbonyl (C=O) groups excluding carboxylic acids is 1. The second kappa shape index (κ2) is 6.06. The molecule has 1 amide bonds. The third-order valence-electron chi connectivity index (χ3n) is 2.84. The highest BCUT2D eigenvalue weighted by atomic mass is 16.1. The predicted molar refractivity (Wildman–Crippen MR) is 70.0 cm³/mol. The van der Waals surface area contributed by atoms with E-state index in [-0.39, 0.29) is 5.91 Å². The number of amides is 1. The van der Waals surface area contributed by atoms with Crippen molar-refractivity contribution in [1.82, 2.24) is 5.32 Å². The smallest absolute Gasteiger partial charge is 0.220 e. The number of hydrogen-bond donors (Lipinski definition) is 2. The molecule has 0 aromatic heterocycles. The third kappa shape index (κ3) is 4.10. The molecular weight excluding hydrogens is 226 g/mol. The van der Waals surface area contributed by atoms with Gasteiger partial charge < -0.3 is 10.6 Å². The fourth-order valence-corrected chi connectivity index (χ4v) is 1.71. The largest absolute Gasteiger partial charge is 0.385 e. The summed E-state index contributed by atoms with van der Waals surface area (Å²) in [5, 5.41) is 14.9. The van der Waals surface area contributed by atoms with Crippen LogP contribution in [-0.2, 0) is 4.79 Å². The van der Waals surface area contributed by atoms with Gasteiger partial charge in [-0.1, -0.05) is 6.07 Å². The Morgan fingerprint density at radius 3 is 3.00 bits per heavy atom. The van der Waals surface area contributed by atoms with Gasteiger partial charge in [-0.25, -0.2) is 0 Å². The number of anilines is 1. The molecule has 2 rings (SSSR count). The molecule has 0 unspecified atom stereocenters. The highest BCUT2D eigenvalue weighted by Gasteiger charge is 2.22. The fraction of sp³-hybridized carbons (Fsp3) is 0.429. The van der Waals surface area contributed by atoms with Crippen LogP contribution in [0, 0.1) is 11.3 Å². The zero-order valence-corrected chi connectivity index (χ0v) is 10.3. The molecule has 1 saturated carbocycles. The molecule has 1 aromatic rings. The first-order chi connectivity index (χ1) is 8.78. The van der Waals surface area contributed by atoms with Crippen LogP contribution in [0.5, 0.6) is 0 Å². The van der Waals surface area contributed by atoms with Gasteiger partial charge in [-0.15, -0.1) is 0 Å². The summed E-state index contributed by atoms with van der Waals surface area (Å²) in [5.41, 5.74) is 1.57. The van der Waals surface area contributed by atoms with E-state index in [1.807, 2.05) is 18.2 Å². The standard InChI is InChI=1S/C14H17N3O/c15-10-11-3-1-4-13(9-11)16-8-2-5-14(18)17-12-6-7-12/h1,3-4,9,12,16H,2,5-8H2,(H,17,18). The van der Waals surface area contributed by atoms with E-state index in [2.05, 4.69) is 16.7 Å². The van der Waals surface area contributed by atoms with Crippen molar-refractivity contribution < 1.29 is 4.79 Å². The van der Waals surface area contributed by atoms with Crippen LogP contribution in [0.3, 0.4) is 0 Å². The van der Waals surface area contributed by atoms with Gasteiger partial charge in [0.15, 0.2) is 0 Å². The van der Waals surface area contributed by atoms with Crippen LogP contribution in [0.25, 0.3) is 0 Å². The first kappa shape index (κ1) is 12.4. The minimum Gasteiger partial charge on any atom is -0.385 e. The van der Waals surface area contributed by atoms with Gasteiger partial charge >= 0.3 is 0 Å². The Bertz CT molecular complexity index is 460. The molecule has 0 bridgehead atoms. The number of carbonyl (C=O) groups is 1. The summed E-state index contributed by atoms with van der Waals surface area (Å²) < 4.78 is 0. The predicted octanol–water partition coefficient (Wildman–Crippen LogP) is 2.03. The van der Waals surface area contributed by atoms with Gasteiger partial charge in [0.1, 0.15) is 0 Å². The lowest BCUT2D eigenvalue weighted by Gasteiger charge is -2.06. The van der Waals surface area contributed by atoms with Crippen molar-refractivity contribution in [3.63, 3.8) is 0 Å². The van der Waals surface area contributed by atoms with Crippen LogP contribution in [0.2, 0.25) is 0 Å². The van der Waals surface area contributed by atoms with Crippen LogP contribution in [0.1, 0.15) is 31.2 Å². The van der Waals surface area contributed by atoms with Gasteiger partial charge in [0.25, 0.3) is 0 Å². The number of nitrogens with zero attached hydrogens (tertiary/aromatic N) is 1. The Morgan fingerprint density at radius 2 is 2.28 bits per heavy atom. The molecule has 0 atom stereocenters. The van der Waals surface area contributed by atoms with Gasteiger partial charge in [-0.05, 0) is 37.5 Å². The third-order valence-corrected chi connectivity index (χ3v) is 2.84. The highest BCUT2D eigenvalue weighted by molar-refractivity contribution is 5.76. The monoisotopic (exact) mass is 243 g/mol. The molecule has 0 spiro atoms. The zero-order chi connectivity index (χ0) is 12.8. The Morgan fingerprint density at radius 1 is 1.44 bits per heavy atom. The van der Waals surface area contributed by atoms with E-state index >= 15 is 0 Å². The summed E-state index contributed by atoms with van der Waals surface area (Å²) >= 11 is 0. The molecule has 18 heavy (non-hydrogen) atoms. The first-order valence-corrected chi connectivity index (χ1v) is 6.31. The van der Waals surface area contributed by atoms with Crippen molar-refractivity contribution in [3.8, 4) is 6.07 Å². The van der Waals surface area contributed by atoms with Crippen LogP contribution >= 0.6 is 0 Å². The lowest BCUT2D eigenvalue weighted by molar-refractivity contribution is -0.121. The maximum Gasteiger partial charge on any atom is 0.220 e. The van der Waals surface area contributed by atoms with Crippen molar-refractivity contribution in [2.75, 3.05) is 11.9 Å². The fourth-order valence-electron chi connectivity index (χ4n) is 1.71. The molecule has 1 aliphatic rings. The van der Waals surface area contributed by atoms with Crippen LogP contribution in [0.4, 0.5) is 5.69 Å². The summed E-state index contributed by atoms with van der Waals surface area (Å²) in [7, 11) is 0. The minimum atomic E-state index is 0.144. The van der Waals surface area contributed by atoms with Crippen molar-refractivity contribution in [2.45, 2.75) is 31.7 Å². The molecule has 0 aliphatic heterocycles. The Balaban J connectivity index is 1.65. The molecule has 4 nitrogen and oxygen atoms in total. The molecule has 0 heterocycles. The van der Waals surface area contributed by atoms with Gasteiger partial charge in [-0.2, -0.15) is 5.26 Å². The molecule has 0 saturated heterocycles. The quantitative estimate of drug-likeness (QED) is 0.751. The highest BCUT2D eigenvalue weighted by Crippen LogP contribution is 2.18. The lowest BCUT2D eigenvalue weighted by Crippen LogP contribution is -2.25. The number of hydrogen-bond acceptors (Lipinski definition) is 3. The topological polar surface area (TPSA) is 64.9 Å². The molecule has 4 heteroatoms. The van der Waals surface area contributed by atoms with E-state index in [9.17, 15) is 4.79 Å². The number of rotatable bonds is 6. The minimum absolute atomic E-state index is 0.144. The molecule has 1 aromatic carbocycles. The lowest BCUT2D eigenvalue weighted by atomic mass is 10.2. The van der Waals surface area contributed by atoms with Crippen LogP contribution in [0.15, 0.2) is 24.3 Å². The van der Waals surface area contributed by atoms with Crippen LogP contribution in [-0.4, -0.2) is 18.5 Å². The molecule has 2 N–H and O–H groups in total. The van der Waals surface area contributed by atoms with E-state index in [1.165, 1.54) is 0 Å². The van der Waals surface area contributed by atoms with E-state index in [4.69, 9.17) is 5.26 Å². The number of nitriles is 1. The van der Waals surface area contributed by atoms with Crippen molar-refractivity contribution >= 4 is 11.6 Å². The zero-order valence-electron chi connectivity index (χ0n) is 10.3. The molecule has 94 valence electrons. The molecule has 1 aliphatic carbocycles. The Hall–Kier alpha value is -2.02. The summed E-state index contributed by atoms with van der Waals surface area (Å²) in [6.45, 7) is 0.743. The van der Waals surface area contributed by atoms with Crippen molar-refractivity contribution in [1.29, 1.82) is 5.26 Å². The van der Waals surface area contributed by atoms with Crippen LogP contribution < -0.4 is 10.6 Å². The van der Waals surface area contributed by atoms with Crippen molar-refractivity contribution in [2.24, 2.45) is 0 Å². The van der Waals surface area contributed by atoms with Gasteiger partial charge in [0.2, 0.25) is 5.91 Å².